The molecule has 1 saturated carbocycles. The van der Waals surface area contributed by atoms with Crippen LogP contribution in [-0.2, 0) is 14.8 Å². The van der Waals surface area contributed by atoms with Crippen molar-refractivity contribution in [1.82, 2.24) is 10.0 Å². The molecule has 1 aromatic carbocycles. The van der Waals surface area contributed by atoms with Crippen LogP contribution < -0.4 is 15.4 Å². The molecule has 7 heteroatoms. The van der Waals surface area contributed by atoms with Gasteiger partial charge in [0.05, 0.1) is 11.4 Å². The zero-order chi connectivity index (χ0) is 19.0. The lowest BCUT2D eigenvalue weighted by Crippen LogP contribution is -2.35. The fourth-order valence-corrected chi connectivity index (χ4v) is 4.39. The number of sulfonamides is 1. The molecule has 146 valence electrons. The van der Waals surface area contributed by atoms with Gasteiger partial charge in [0.1, 0.15) is 0 Å². The Hall–Kier alpha value is -1.44. The van der Waals surface area contributed by atoms with E-state index in [4.69, 9.17) is 0 Å². The van der Waals surface area contributed by atoms with Crippen LogP contribution in [0.3, 0.4) is 0 Å². The number of rotatable bonds is 8. The molecular weight excluding hydrogens is 350 g/mol. The summed E-state index contributed by atoms with van der Waals surface area (Å²) in [6.07, 6.45) is 7.99. The Balaban J connectivity index is 1.85. The summed E-state index contributed by atoms with van der Waals surface area (Å²) in [5.41, 5.74) is 0.597. The van der Waals surface area contributed by atoms with E-state index in [2.05, 4.69) is 15.4 Å². The monoisotopic (exact) mass is 381 g/mol. The molecule has 0 heterocycles. The van der Waals surface area contributed by atoms with Crippen molar-refractivity contribution in [1.29, 1.82) is 0 Å². The zero-order valence-corrected chi connectivity index (χ0v) is 16.6. The van der Waals surface area contributed by atoms with E-state index < -0.39 is 10.0 Å². The Kier molecular flexibility index (Phi) is 8.06. The van der Waals surface area contributed by atoms with Crippen molar-refractivity contribution in [2.45, 2.75) is 75.8 Å². The van der Waals surface area contributed by atoms with Gasteiger partial charge in [-0.15, -0.1) is 0 Å². The van der Waals surface area contributed by atoms with Crippen LogP contribution in [0.25, 0.3) is 0 Å². The highest BCUT2D eigenvalue weighted by Crippen LogP contribution is 2.17. The highest BCUT2D eigenvalue weighted by Gasteiger charge is 2.17. The molecule has 1 atom stereocenters. The lowest BCUT2D eigenvalue weighted by molar-refractivity contribution is -0.115. The van der Waals surface area contributed by atoms with Crippen LogP contribution >= 0.6 is 0 Å². The van der Waals surface area contributed by atoms with E-state index in [-0.39, 0.29) is 23.4 Å². The van der Waals surface area contributed by atoms with Gasteiger partial charge < -0.3 is 10.6 Å². The molecule has 6 nitrogen and oxygen atoms in total. The second-order valence-electron chi connectivity index (χ2n) is 7.07. The first-order chi connectivity index (χ1) is 12.4. The maximum atomic E-state index is 12.2. The highest BCUT2D eigenvalue weighted by atomic mass is 32.2. The van der Waals surface area contributed by atoms with Gasteiger partial charge in [0, 0.05) is 17.8 Å². The summed E-state index contributed by atoms with van der Waals surface area (Å²) in [5, 5.41) is 6.14. The normalized spacial score (nSPS) is 17.5. The van der Waals surface area contributed by atoms with Gasteiger partial charge in [-0.2, -0.15) is 0 Å². The van der Waals surface area contributed by atoms with E-state index in [0.29, 0.717) is 11.7 Å². The quantitative estimate of drug-likeness (QED) is 0.604. The molecule has 0 aromatic heterocycles. The second-order valence-corrected chi connectivity index (χ2v) is 8.79. The van der Waals surface area contributed by atoms with Gasteiger partial charge in [-0.25, -0.2) is 13.1 Å². The van der Waals surface area contributed by atoms with Gasteiger partial charge in [0.2, 0.25) is 15.9 Å². The number of hydrogen-bond donors (Lipinski definition) is 3. The highest BCUT2D eigenvalue weighted by molar-refractivity contribution is 7.89. The fraction of sp³-hybridized carbons (Fsp3) is 0.632. The fourth-order valence-electron chi connectivity index (χ4n) is 3.06. The van der Waals surface area contributed by atoms with Crippen LogP contribution in [0.4, 0.5) is 5.69 Å². The molecule has 0 spiro atoms. The van der Waals surface area contributed by atoms with E-state index in [1.807, 2.05) is 13.8 Å². The summed E-state index contributed by atoms with van der Waals surface area (Å²) < 4.78 is 27.1. The molecule has 3 N–H and O–H groups in total. The summed E-state index contributed by atoms with van der Waals surface area (Å²) in [6.45, 7) is 4.03. The summed E-state index contributed by atoms with van der Waals surface area (Å²) in [4.78, 5) is 12.3. The maximum absolute atomic E-state index is 12.2. The second kappa shape index (κ2) is 10.0. The molecule has 0 bridgehead atoms. The van der Waals surface area contributed by atoms with Crippen molar-refractivity contribution in [2.24, 2.45) is 0 Å². The van der Waals surface area contributed by atoms with E-state index in [1.165, 1.54) is 37.8 Å². The minimum Gasteiger partial charge on any atom is -0.325 e. The van der Waals surface area contributed by atoms with E-state index in [1.54, 1.807) is 12.1 Å². The van der Waals surface area contributed by atoms with Crippen LogP contribution in [0.15, 0.2) is 29.2 Å². The number of carbonyl (C=O) groups excluding carboxylic acids is 1. The average Bonchev–Trinajstić information content (AvgIpc) is 2.89. The number of amides is 1. The molecule has 1 aromatic rings. The van der Waals surface area contributed by atoms with Gasteiger partial charge in [-0.05, 0) is 50.5 Å². The van der Waals surface area contributed by atoms with E-state index in [9.17, 15) is 13.2 Å². The molecule has 0 radical (unpaired) electrons. The third kappa shape index (κ3) is 6.70. The lowest BCUT2D eigenvalue weighted by Gasteiger charge is -2.16. The molecule has 1 aliphatic rings. The summed E-state index contributed by atoms with van der Waals surface area (Å²) >= 11 is 0. The van der Waals surface area contributed by atoms with Crippen molar-refractivity contribution in [3.8, 4) is 0 Å². The van der Waals surface area contributed by atoms with Gasteiger partial charge in [-0.3, -0.25) is 4.79 Å². The van der Waals surface area contributed by atoms with Crippen molar-refractivity contribution in [2.75, 3.05) is 11.9 Å². The number of anilines is 1. The lowest BCUT2D eigenvalue weighted by atomic mass is 10.1. The van der Waals surface area contributed by atoms with Gasteiger partial charge in [-0.1, -0.05) is 32.6 Å². The smallest absolute Gasteiger partial charge is 0.240 e. The molecule has 0 saturated heterocycles. The van der Waals surface area contributed by atoms with Crippen LogP contribution in [0, 0.1) is 0 Å². The summed E-state index contributed by atoms with van der Waals surface area (Å²) in [6, 6.07) is 6.57. The molecule has 2 rings (SSSR count). The SMILES string of the molecule is CC[C@H](C)NS(=O)(=O)c1ccc(NC(=O)CNC2CCCCCC2)cc1. The average molecular weight is 382 g/mol. The van der Waals surface area contributed by atoms with Gasteiger partial charge in [0.25, 0.3) is 0 Å². The van der Waals surface area contributed by atoms with Gasteiger partial charge >= 0.3 is 0 Å². The Bertz CT molecular complexity index is 666. The first-order valence-corrected chi connectivity index (χ1v) is 11.0. The Morgan fingerprint density at radius 3 is 2.31 bits per heavy atom. The summed E-state index contributed by atoms with van der Waals surface area (Å²) in [5.74, 6) is -0.109. The molecule has 26 heavy (non-hydrogen) atoms. The third-order valence-electron chi connectivity index (χ3n) is 4.82. The van der Waals surface area contributed by atoms with Crippen molar-refractivity contribution >= 4 is 21.6 Å². The van der Waals surface area contributed by atoms with Gasteiger partial charge in [0.15, 0.2) is 0 Å². The standard InChI is InChI=1S/C19H31N3O3S/c1-3-15(2)22-26(24,25)18-12-10-17(11-13-18)21-19(23)14-20-16-8-6-4-5-7-9-16/h10-13,15-16,20,22H,3-9,14H2,1-2H3,(H,21,23)/t15-/m0/s1. The number of nitrogens with one attached hydrogen (secondary N) is 3. The Labute approximate surface area is 157 Å². The van der Waals surface area contributed by atoms with Crippen LogP contribution in [-0.4, -0.2) is 33.0 Å². The van der Waals surface area contributed by atoms with Crippen molar-refractivity contribution < 1.29 is 13.2 Å². The van der Waals surface area contributed by atoms with E-state index in [0.717, 1.165) is 19.3 Å². The molecule has 1 aliphatic carbocycles. The maximum Gasteiger partial charge on any atom is 0.240 e. The minimum absolute atomic E-state index is 0.109. The largest absolute Gasteiger partial charge is 0.325 e. The number of benzene rings is 1. The predicted molar refractivity (Wildman–Crippen MR) is 105 cm³/mol. The predicted octanol–water partition coefficient (Wildman–Crippen LogP) is 3.01. The van der Waals surface area contributed by atoms with Crippen LogP contribution in [0.2, 0.25) is 0 Å². The molecular formula is C19H31N3O3S. The van der Waals surface area contributed by atoms with Crippen LogP contribution in [0.5, 0.6) is 0 Å². The molecule has 0 unspecified atom stereocenters. The molecule has 0 aliphatic heterocycles. The first kappa shape index (κ1) is 20.9. The number of carbonyl (C=O) groups is 1. The van der Waals surface area contributed by atoms with Crippen LogP contribution in [0.1, 0.15) is 58.8 Å². The molecule has 1 amide bonds. The Morgan fingerprint density at radius 2 is 1.73 bits per heavy atom. The third-order valence-corrected chi connectivity index (χ3v) is 6.43. The van der Waals surface area contributed by atoms with Crippen molar-refractivity contribution in [3.63, 3.8) is 0 Å². The topological polar surface area (TPSA) is 87.3 Å². The zero-order valence-electron chi connectivity index (χ0n) is 15.8. The van der Waals surface area contributed by atoms with Crippen molar-refractivity contribution in [3.05, 3.63) is 24.3 Å². The first-order valence-electron chi connectivity index (χ1n) is 9.56. The minimum atomic E-state index is -3.52. The molecule has 1 fully saturated rings. The number of hydrogen-bond acceptors (Lipinski definition) is 4. The Morgan fingerprint density at radius 1 is 1.12 bits per heavy atom. The van der Waals surface area contributed by atoms with E-state index >= 15 is 0 Å². The summed E-state index contributed by atoms with van der Waals surface area (Å²) in [7, 11) is -3.52.